The third-order valence-corrected chi connectivity index (χ3v) is 4.48. The van der Waals surface area contributed by atoms with Crippen LogP contribution < -0.4 is 10.5 Å². The molecule has 3 heterocycles. The van der Waals surface area contributed by atoms with E-state index in [4.69, 9.17) is 10.5 Å². The molecule has 1 aliphatic rings. The summed E-state index contributed by atoms with van der Waals surface area (Å²) in [6.07, 6.45) is 5.56. The van der Waals surface area contributed by atoms with Crippen molar-refractivity contribution in [2.24, 2.45) is 12.8 Å². The topological polar surface area (TPSA) is 76.9 Å². The number of pyridine rings is 1. The molecule has 2 N–H and O–H groups in total. The highest BCUT2D eigenvalue weighted by atomic mass is 16.5. The molecule has 1 unspecified atom stereocenters. The quantitative estimate of drug-likeness (QED) is 0.748. The van der Waals surface area contributed by atoms with Crippen molar-refractivity contribution in [2.75, 3.05) is 0 Å². The number of hydrogen-bond acceptors (Lipinski definition) is 4. The van der Waals surface area contributed by atoms with Gasteiger partial charge >= 0.3 is 0 Å². The van der Waals surface area contributed by atoms with Gasteiger partial charge in [-0.1, -0.05) is 12.1 Å². The van der Waals surface area contributed by atoms with Crippen molar-refractivity contribution >= 4 is 10.9 Å². The Morgan fingerprint density at radius 2 is 2.12 bits per heavy atom. The number of hydrogen-bond donors (Lipinski definition) is 1. The predicted molar refractivity (Wildman–Crippen MR) is 91.2 cm³/mol. The lowest BCUT2D eigenvalue weighted by molar-refractivity contribution is 0.398. The molecule has 0 saturated carbocycles. The van der Waals surface area contributed by atoms with E-state index in [1.807, 2.05) is 49.0 Å². The molecule has 0 bridgehead atoms. The molecule has 118 valence electrons. The highest BCUT2D eigenvalue weighted by molar-refractivity contribution is 5.89. The Labute approximate surface area is 139 Å². The fourth-order valence-electron chi connectivity index (χ4n) is 3.35. The number of rotatable bonds is 1. The average molecular weight is 316 g/mol. The number of benzene rings is 1. The van der Waals surface area contributed by atoms with Gasteiger partial charge in [-0.05, 0) is 30.2 Å². The smallest absolute Gasteiger partial charge is 0.205 e. The Kier molecular flexibility index (Phi) is 3.07. The zero-order valence-corrected chi connectivity index (χ0v) is 13.4. The van der Waals surface area contributed by atoms with E-state index >= 15 is 0 Å². The summed E-state index contributed by atoms with van der Waals surface area (Å²) in [4.78, 5) is 4.27. The Hall–Kier alpha value is -3.26. The normalized spacial score (nSPS) is 16.6. The number of fused-ring (bicyclic) bond motifs is 3. The van der Waals surface area contributed by atoms with Gasteiger partial charge in [-0.15, -0.1) is 0 Å². The maximum Gasteiger partial charge on any atom is 0.205 e. The van der Waals surface area contributed by atoms with E-state index in [0.717, 1.165) is 33.3 Å². The van der Waals surface area contributed by atoms with Crippen molar-refractivity contribution in [1.29, 1.82) is 5.26 Å². The van der Waals surface area contributed by atoms with Gasteiger partial charge in [0.25, 0.3) is 0 Å². The Morgan fingerprint density at radius 3 is 2.88 bits per heavy atom. The molecule has 0 amide bonds. The number of allylic oxidation sites excluding steroid dienone is 1. The molecular weight excluding hydrogens is 300 g/mol. The molecule has 24 heavy (non-hydrogen) atoms. The molecule has 3 aromatic rings. The molecule has 0 radical (unpaired) electrons. The monoisotopic (exact) mass is 316 g/mol. The molecule has 1 aromatic carbocycles. The van der Waals surface area contributed by atoms with Gasteiger partial charge in [0.1, 0.15) is 17.4 Å². The molecule has 0 saturated heterocycles. The Morgan fingerprint density at radius 1 is 1.29 bits per heavy atom. The summed E-state index contributed by atoms with van der Waals surface area (Å²) in [5.74, 6) is 0.611. The van der Waals surface area contributed by atoms with Crippen molar-refractivity contribution in [3.05, 3.63) is 71.0 Å². The van der Waals surface area contributed by atoms with Crippen LogP contribution in [-0.4, -0.2) is 9.55 Å². The highest BCUT2D eigenvalue weighted by Gasteiger charge is 2.32. The van der Waals surface area contributed by atoms with E-state index < -0.39 is 0 Å². The van der Waals surface area contributed by atoms with Gasteiger partial charge < -0.3 is 15.0 Å². The standard InChI is InChI=1S/C19H16N4O/c1-11-7-12(10-22-9-11)17-14-3-4-16-13(5-6-23(16)2)18(14)24-19(21)15(17)8-20/h3-7,9-10,17H,21H2,1-2H3. The van der Waals surface area contributed by atoms with Gasteiger partial charge in [-0.2, -0.15) is 5.26 Å². The minimum absolute atomic E-state index is 0.160. The van der Waals surface area contributed by atoms with Crippen molar-refractivity contribution in [1.82, 2.24) is 9.55 Å². The highest BCUT2D eigenvalue weighted by Crippen LogP contribution is 2.45. The van der Waals surface area contributed by atoms with Gasteiger partial charge in [0.2, 0.25) is 5.88 Å². The molecule has 5 nitrogen and oxygen atoms in total. The molecule has 1 atom stereocenters. The molecule has 0 fully saturated rings. The fourth-order valence-corrected chi connectivity index (χ4v) is 3.35. The van der Waals surface area contributed by atoms with Gasteiger partial charge in [0.05, 0.1) is 11.4 Å². The fraction of sp³-hybridized carbons (Fsp3) is 0.158. The zero-order chi connectivity index (χ0) is 16.8. The van der Waals surface area contributed by atoms with Crippen LogP contribution in [0.1, 0.15) is 22.6 Å². The second-order valence-corrected chi connectivity index (χ2v) is 6.06. The van der Waals surface area contributed by atoms with E-state index in [9.17, 15) is 5.26 Å². The first-order valence-electron chi connectivity index (χ1n) is 7.67. The maximum atomic E-state index is 9.61. The second-order valence-electron chi connectivity index (χ2n) is 6.06. The molecule has 4 rings (SSSR count). The predicted octanol–water partition coefficient (Wildman–Crippen LogP) is 3.10. The van der Waals surface area contributed by atoms with Crippen molar-refractivity contribution in [3.8, 4) is 11.8 Å². The van der Waals surface area contributed by atoms with Crippen LogP contribution in [0, 0.1) is 18.3 Å². The Bertz CT molecular complexity index is 1040. The summed E-state index contributed by atoms with van der Waals surface area (Å²) in [6, 6.07) is 10.3. The lowest BCUT2D eigenvalue weighted by Crippen LogP contribution is -2.21. The first-order chi connectivity index (χ1) is 11.6. The number of ether oxygens (including phenoxy) is 1. The number of nitrogens with zero attached hydrogens (tertiary/aromatic N) is 3. The summed E-state index contributed by atoms with van der Waals surface area (Å²) >= 11 is 0. The first kappa shape index (κ1) is 14.3. The second kappa shape index (κ2) is 5.14. The minimum atomic E-state index is -0.268. The van der Waals surface area contributed by atoms with Crippen LogP contribution in [0.25, 0.3) is 10.9 Å². The van der Waals surface area contributed by atoms with Crippen molar-refractivity contribution in [3.63, 3.8) is 0 Å². The third kappa shape index (κ3) is 1.97. The molecule has 0 aliphatic carbocycles. The van der Waals surface area contributed by atoms with Crippen LogP contribution in [0.15, 0.2) is 54.3 Å². The first-order valence-corrected chi connectivity index (χ1v) is 7.67. The molecule has 1 aliphatic heterocycles. The molecule has 5 heteroatoms. The lowest BCUT2D eigenvalue weighted by atomic mass is 9.83. The van der Waals surface area contributed by atoms with Crippen LogP contribution in [0.5, 0.6) is 5.75 Å². The van der Waals surface area contributed by atoms with Gasteiger partial charge in [0, 0.05) is 36.6 Å². The van der Waals surface area contributed by atoms with Crippen molar-refractivity contribution < 1.29 is 4.74 Å². The van der Waals surface area contributed by atoms with Gasteiger partial charge in [0.15, 0.2) is 0 Å². The minimum Gasteiger partial charge on any atom is -0.439 e. The SMILES string of the molecule is Cc1cncc(C2C(C#N)=C(N)Oc3c2ccc2c3ccn2C)c1. The number of nitrogens with two attached hydrogens (primary N) is 1. The molecular formula is C19H16N4O. The van der Waals surface area contributed by atoms with Crippen LogP contribution >= 0.6 is 0 Å². The van der Waals surface area contributed by atoms with Gasteiger partial charge in [-0.3, -0.25) is 4.98 Å². The molecule has 2 aromatic heterocycles. The van der Waals surface area contributed by atoms with Crippen LogP contribution in [-0.2, 0) is 7.05 Å². The number of aryl methyl sites for hydroxylation is 2. The Balaban J connectivity index is 2.02. The number of nitriles is 1. The van der Waals surface area contributed by atoms with Crippen LogP contribution in [0.2, 0.25) is 0 Å². The third-order valence-electron chi connectivity index (χ3n) is 4.48. The lowest BCUT2D eigenvalue weighted by Gasteiger charge is -2.27. The molecule has 0 spiro atoms. The number of aromatic nitrogens is 2. The maximum absolute atomic E-state index is 9.61. The van der Waals surface area contributed by atoms with E-state index in [-0.39, 0.29) is 11.8 Å². The zero-order valence-electron chi connectivity index (χ0n) is 13.4. The summed E-state index contributed by atoms with van der Waals surface area (Å²) in [6.45, 7) is 1.98. The summed E-state index contributed by atoms with van der Waals surface area (Å²) in [5, 5.41) is 10.6. The summed E-state index contributed by atoms with van der Waals surface area (Å²) in [7, 11) is 1.99. The van der Waals surface area contributed by atoms with Crippen LogP contribution in [0.4, 0.5) is 0 Å². The van der Waals surface area contributed by atoms with E-state index in [0.29, 0.717) is 5.57 Å². The average Bonchev–Trinajstić information content (AvgIpc) is 2.95. The summed E-state index contributed by atoms with van der Waals surface area (Å²) in [5.41, 5.74) is 10.5. The van der Waals surface area contributed by atoms with E-state index in [1.54, 1.807) is 12.4 Å². The van der Waals surface area contributed by atoms with Gasteiger partial charge in [-0.25, -0.2) is 0 Å². The van der Waals surface area contributed by atoms with Crippen LogP contribution in [0.3, 0.4) is 0 Å². The van der Waals surface area contributed by atoms with Crippen molar-refractivity contribution in [2.45, 2.75) is 12.8 Å². The largest absolute Gasteiger partial charge is 0.439 e. The van der Waals surface area contributed by atoms with E-state index in [2.05, 4.69) is 11.1 Å². The van der Waals surface area contributed by atoms with E-state index in [1.165, 1.54) is 0 Å². The summed E-state index contributed by atoms with van der Waals surface area (Å²) < 4.78 is 7.87.